The highest BCUT2D eigenvalue weighted by molar-refractivity contribution is 7.85. The van der Waals surface area contributed by atoms with Crippen LogP contribution in [0, 0.1) is 23.2 Å². The van der Waals surface area contributed by atoms with Crippen LogP contribution in [0.25, 0.3) is 0 Å². The van der Waals surface area contributed by atoms with Gasteiger partial charge in [0.15, 0.2) is 0 Å². The van der Waals surface area contributed by atoms with Crippen molar-refractivity contribution in [3.63, 3.8) is 0 Å². The van der Waals surface area contributed by atoms with Crippen LogP contribution in [-0.4, -0.2) is 9.96 Å². The van der Waals surface area contributed by atoms with Crippen molar-refractivity contribution in [3.05, 3.63) is 59.7 Å². The quantitative estimate of drug-likeness (QED) is 0.340. The first kappa shape index (κ1) is 26.6. The van der Waals surface area contributed by atoms with E-state index in [1.165, 1.54) is 62.5 Å². The van der Waals surface area contributed by atoms with Gasteiger partial charge in [0.25, 0.3) is 0 Å². The Balaban J connectivity index is 1.69. The molecular weight excluding hydrogens is 439 g/mol. The summed E-state index contributed by atoms with van der Waals surface area (Å²) in [7, 11) is 1.79. The summed E-state index contributed by atoms with van der Waals surface area (Å²) in [5.41, 5.74) is 4.76. The highest BCUT2D eigenvalue weighted by Gasteiger charge is 2.43. The molecule has 3 heteroatoms. The second-order valence-electron chi connectivity index (χ2n) is 10.7. The van der Waals surface area contributed by atoms with Crippen molar-refractivity contribution in [3.8, 4) is 0 Å². The topological polar surface area (TPSA) is 17.1 Å². The maximum atomic E-state index is 12.9. The molecule has 2 fully saturated rings. The smallest absolute Gasteiger partial charge is 0.0529 e. The summed E-state index contributed by atoms with van der Waals surface area (Å²) in [6.07, 6.45) is 15.9. The third-order valence-corrected chi connectivity index (χ3v) is 10.5. The van der Waals surface area contributed by atoms with Crippen molar-refractivity contribution in [1.82, 2.24) is 0 Å². The van der Waals surface area contributed by atoms with Gasteiger partial charge in [-0.2, -0.15) is 0 Å². The fourth-order valence-corrected chi connectivity index (χ4v) is 7.87. The van der Waals surface area contributed by atoms with Crippen molar-refractivity contribution in [2.24, 2.45) is 23.2 Å². The summed E-state index contributed by atoms with van der Waals surface area (Å²) in [6, 6.07) is 8.09. The van der Waals surface area contributed by atoms with Crippen LogP contribution in [0.5, 0.6) is 0 Å². The minimum Gasteiger partial charge on any atom is -0.254 e. The second kappa shape index (κ2) is 12.1. The van der Waals surface area contributed by atoms with E-state index in [4.69, 9.17) is 0 Å². The number of benzene rings is 1. The third kappa shape index (κ3) is 6.58. The van der Waals surface area contributed by atoms with Crippen molar-refractivity contribution in [2.45, 2.75) is 90.4 Å². The van der Waals surface area contributed by atoms with Crippen molar-refractivity contribution >= 4 is 25.3 Å². The Labute approximate surface area is 208 Å². The molecule has 33 heavy (non-hydrogen) atoms. The van der Waals surface area contributed by atoms with Crippen LogP contribution in [0.3, 0.4) is 0 Å². The zero-order chi connectivity index (χ0) is 24.0. The van der Waals surface area contributed by atoms with Crippen molar-refractivity contribution in [1.29, 1.82) is 0 Å². The van der Waals surface area contributed by atoms with Crippen LogP contribution in [0.4, 0.5) is 0 Å². The van der Waals surface area contributed by atoms with Gasteiger partial charge in [-0.1, -0.05) is 76.1 Å². The molecule has 0 heterocycles. The van der Waals surface area contributed by atoms with Crippen LogP contribution in [-0.2, 0) is 10.8 Å². The normalized spacial score (nSPS) is 29.2. The fourth-order valence-electron chi connectivity index (χ4n) is 6.41. The molecule has 0 spiro atoms. The minimum absolute atomic E-state index is 0.308. The molecular formula is C30H45OPS. The van der Waals surface area contributed by atoms with E-state index in [2.05, 4.69) is 55.7 Å². The molecule has 0 aliphatic heterocycles. The lowest BCUT2D eigenvalue weighted by atomic mass is 9.56. The Morgan fingerprint density at radius 1 is 1.15 bits per heavy atom. The van der Waals surface area contributed by atoms with Gasteiger partial charge in [0.1, 0.15) is 0 Å². The monoisotopic (exact) mass is 484 g/mol. The Kier molecular flexibility index (Phi) is 9.78. The minimum atomic E-state index is -0.911. The second-order valence-corrected chi connectivity index (χ2v) is 13.0. The molecule has 2 saturated carbocycles. The number of rotatable bonds is 8. The van der Waals surface area contributed by atoms with Crippen molar-refractivity contribution in [2.75, 3.05) is 5.75 Å². The number of hydrogen-bond acceptors (Lipinski definition) is 1. The fraction of sp³-hybridized carbons (Fsp3) is 0.600. The summed E-state index contributed by atoms with van der Waals surface area (Å²) in [4.78, 5) is 0.959. The third-order valence-electron chi connectivity index (χ3n) is 8.73. The molecule has 2 aliphatic carbocycles. The van der Waals surface area contributed by atoms with E-state index in [-0.39, 0.29) is 0 Å². The summed E-state index contributed by atoms with van der Waals surface area (Å²) >= 11 is 0. The first-order valence-corrected chi connectivity index (χ1v) is 15.0. The largest absolute Gasteiger partial charge is 0.254 e. The highest BCUT2D eigenvalue weighted by Crippen LogP contribution is 2.52. The lowest BCUT2D eigenvalue weighted by molar-refractivity contribution is 0.0459. The van der Waals surface area contributed by atoms with E-state index in [1.807, 2.05) is 24.3 Å². The Morgan fingerprint density at radius 2 is 1.85 bits per heavy atom. The molecule has 3 rings (SSSR count). The van der Waals surface area contributed by atoms with Crippen LogP contribution in [0.15, 0.2) is 64.6 Å². The Bertz CT molecular complexity index is 896. The van der Waals surface area contributed by atoms with Crippen molar-refractivity contribution < 1.29 is 4.21 Å². The molecule has 0 N–H and O–H groups in total. The first-order chi connectivity index (χ1) is 15.8. The lowest BCUT2D eigenvalue weighted by Crippen LogP contribution is -2.40. The molecule has 0 saturated heterocycles. The lowest BCUT2D eigenvalue weighted by Gasteiger charge is -2.49. The summed E-state index contributed by atoms with van der Waals surface area (Å²) in [5.74, 6) is 2.57. The highest BCUT2D eigenvalue weighted by atomic mass is 32.2. The zero-order valence-corrected chi connectivity index (χ0v) is 23.3. The molecule has 5 unspecified atom stereocenters. The van der Waals surface area contributed by atoms with Gasteiger partial charge in [0, 0.05) is 10.6 Å². The molecule has 182 valence electrons. The molecule has 2 aliphatic rings. The van der Waals surface area contributed by atoms with Crippen LogP contribution in [0.2, 0.25) is 0 Å². The average Bonchev–Trinajstić information content (AvgIpc) is 2.80. The van der Waals surface area contributed by atoms with E-state index in [9.17, 15) is 4.21 Å². The summed E-state index contributed by atoms with van der Waals surface area (Å²) in [6.45, 7) is 14.1. The van der Waals surface area contributed by atoms with Gasteiger partial charge < -0.3 is 0 Å². The van der Waals surface area contributed by atoms with E-state index >= 15 is 0 Å². The average molecular weight is 485 g/mol. The molecule has 1 aromatic carbocycles. The van der Waals surface area contributed by atoms with Gasteiger partial charge in [-0.15, -0.1) is 9.24 Å². The summed E-state index contributed by atoms with van der Waals surface area (Å²) in [5, 5.41) is 1.14. The standard InChI is InChI=1S/C30H45OPS/c1-6-29(23(3)19-21-33(31)28-17-15-27(32)16-18-28)30(5)20-9-12-26(24(30)4)14-13-25-11-8-7-10-22(25)2/h13-18,23-24,29H,2,6-12,19-21,32H2,1,3-5H3/b25-13-,26-14+/t23-,24?,29?,30?,33?/m1/s1. The van der Waals surface area contributed by atoms with Gasteiger partial charge in [-0.25, -0.2) is 0 Å². The maximum absolute atomic E-state index is 12.9. The van der Waals surface area contributed by atoms with Gasteiger partial charge >= 0.3 is 0 Å². The van der Waals surface area contributed by atoms with Crippen LogP contribution < -0.4 is 5.30 Å². The summed E-state index contributed by atoms with van der Waals surface area (Å²) < 4.78 is 12.9. The Hall–Kier alpha value is -0.980. The predicted octanol–water partition coefficient (Wildman–Crippen LogP) is 8.16. The first-order valence-electron chi connectivity index (χ1n) is 13.1. The molecule has 0 aromatic heterocycles. The van der Waals surface area contributed by atoms with E-state index in [1.54, 1.807) is 5.57 Å². The van der Waals surface area contributed by atoms with Crippen LogP contribution in [0.1, 0.15) is 85.5 Å². The van der Waals surface area contributed by atoms with Crippen LogP contribution >= 0.6 is 9.24 Å². The SMILES string of the molecule is C=C1CCCC/C1=C/C=C1\CCCC(C)(C(CC)[C@H](C)CCS(=O)c2ccc(P)cc2)C1C. The van der Waals surface area contributed by atoms with Gasteiger partial charge in [0.05, 0.1) is 10.8 Å². The molecule has 1 nitrogen and oxygen atoms in total. The van der Waals surface area contributed by atoms with Gasteiger partial charge in [-0.3, -0.25) is 4.21 Å². The van der Waals surface area contributed by atoms with Gasteiger partial charge in [-0.05, 0) is 97.5 Å². The van der Waals surface area contributed by atoms with E-state index < -0.39 is 10.8 Å². The van der Waals surface area contributed by atoms with E-state index in [0.717, 1.165) is 22.4 Å². The number of allylic oxidation sites excluding steroid dienone is 5. The molecule has 1 aromatic rings. The Morgan fingerprint density at radius 3 is 2.52 bits per heavy atom. The molecule has 0 bridgehead atoms. The zero-order valence-electron chi connectivity index (χ0n) is 21.4. The number of hydrogen-bond donors (Lipinski definition) is 0. The molecule has 0 radical (unpaired) electrons. The molecule has 6 atom stereocenters. The maximum Gasteiger partial charge on any atom is 0.0529 e. The van der Waals surface area contributed by atoms with Gasteiger partial charge in [0.2, 0.25) is 0 Å². The predicted molar refractivity (Wildman–Crippen MR) is 150 cm³/mol. The molecule has 0 amide bonds. The van der Waals surface area contributed by atoms with E-state index in [0.29, 0.717) is 23.2 Å².